The smallest absolute Gasteiger partial charge is 0.338 e. The van der Waals surface area contributed by atoms with Gasteiger partial charge in [0, 0.05) is 0 Å². The van der Waals surface area contributed by atoms with Gasteiger partial charge in [-0.2, -0.15) is 0 Å². The average molecular weight is 420 g/mol. The normalized spacial score (nSPS) is 23.2. The lowest BCUT2D eigenvalue weighted by atomic mass is 10.1. The lowest BCUT2D eigenvalue weighted by molar-refractivity contribution is -0.122. The Hall–Kier alpha value is -2.85. The molecule has 0 aromatic heterocycles. The minimum absolute atomic E-state index is 0.125. The van der Waals surface area contributed by atoms with Crippen LogP contribution in [-0.2, 0) is 27.4 Å². The summed E-state index contributed by atoms with van der Waals surface area (Å²) in [6.45, 7) is -0.809. The molecule has 30 heavy (non-hydrogen) atoms. The van der Waals surface area contributed by atoms with E-state index in [1.54, 1.807) is 12.1 Å². The Labute approximate surface area is 171 Å². The maximum atomic E-state index is 14.3. The third-order valence-electron chi connectivity index (χ3n) is 4.63. The first-order chi connectivity index (χ1) is 14.4. The molecule has 1 unspecified atom stereocenters. The standard InChI is InChI=1S/C21H21FO8/c22-17-18(30-20(26)15-7-3-13(10-24)4-8-15)16(29-21(17)27)11-28-19(25)14-5-1-12(9-23)2-6-14/h1-8,16-18,21,23-24,27H,9-11H2/t16-,17+,18-,21?/m1/s1. The van der Waals surface area contributed by atoms with E-state index < -0.39 is 43.2 Å². The first-order valence-electron chi connectivity index (χ1n) is 9.18. The second-order valence-corrected chi connectivity index (χ2v) is 6.69. The predicted molar refractivity (Wildman–Crippen MR) is 100.0 cm³/mol. The lowest BCUT2D eigenvalue weighted by Crippen LogP contribution is -2.37. The molecule has 1 saturated heterocycles. The summed E-state index contributed by atoms with van der Waals surface area (Å²) < 4.78 is 29.6. The third-order valence-corrected chi connectivity index (χ3v) is 4.63. The number of carbonyl (C=O) groups is 2. The van der Waals surface area contributed by atoms with Crippen LogP contribution >= 0.6 is 0 Å². The first-order valence-corrected chi connectivity index (χ1v) is 9.18. The number of benzene rings is 2. The van der Waals surface area contributed by atoms with Gasteiger partial charge in [-0.05, 0) is 35.4 Å². The molecule has 4 atom stereocenters. The number of aliphatic hydroxyl groups excluding tert-OH is 3. The molecule has 8 nitrogen and oxygen atoms in total. The minimum atomic E-state index is -2.02. The molecule has 0 amide bonds. The van der Waals surface area contributed by atoms with Crippen LogP contribution in [0.1, 0.15) is 31.8 Å². The summed E-state index contributed by atoms with van der Waals surface area (Å²) in [6.07, 6.45) is -6.52. The molecule has 2 aromatic carbocycles. The van der Waals surface area contributed by atoms with Crippen LogP contribution < -0.4 is 0 Å². The van der Waals surface area contributed by atoms with E-state index in [2.05, 4.69) is 0 Å². The zero-order chi connectivity index (χ0) is 21.7. The zero-order valence-electron chi connectivity index (χ0n) is 15.8. The van der Waals surface area contributed by atoms with Crippen LogP contribution in [0, 0.1) is 0 Å². The van der Waals surface area contributed by atoms with E-state index in [1.807, 2.05) is 0 Å². The molecular weight excluding hydrogens is 399 g/mol. The molecule has 1 aliphatic heterocycles. The molecule has 0 saturated carbocycles. The van der Waals surface area contributed by atoms with Crippen molar-refractivity contribution in [1.29, 1.82) is 0 Å². The molecule has 160 valence electrons. The summed E-state index contributed by atoms with van der Waals surface area (Å²) in [5.41, 5.74) is 1.54. The molecule has 1 fully saturated rings. The lowest BCUT2D eigenvalue weighted by Gasteiger charge is -2.19. The fourth-order valence-electron chi connectivity index (χ4n) is 2.90. The van der Waals surface area contributed by atoms with Crippen LogP contribution in [0.15, 0.2) is 48.5 Å². The maximum Gasteiger partial charge on any atom is 0.338 e. The highest BCUT2D eigenvalue weighted by Crippen LogP contribution is 2.27. The molecule has 1 aliphatic rings. The number of alkyl halides is 1. The fraction of sp³-hybridized carbons (Fsp3) is 0.333. The topological polar surface area (TPSA) is 123 Å². The van der Waals surface area contributed by atoms with Crippen LogP contribution in [0.4, 0.5) is 4.39 Å². The van der Waals surface area contributed by atoms with E-state index in [4.69, 9.17) is 24.4 Å². The van der Waals surface area contributed by atoms with Gasteiger partial charge >= 0.3 is 11.9 Å². The van der Waals surface area contributed by atoms with E-state index in [1.165, 1.54) is 36.4 Å². The first kappa shape index (κ1) is 21.8. The molecule has 0 spiro atoms. The van der Waals surface area contributed by atoms with E-state index in [0.29, 0.717) is 11.1 Å². The SMILES string of the molecule is O=C(OC[C@H]1OC(O)[C@@H](F)[C@@H]1OC(=O)c1ccc(CO)cc1)c1ccc(CO)cc1. The maximum absolute atomic E-state index is 14.3. The van der Waals surface area contributed by atoms with Gasteiger partial charge < -0.3 is 29.5 Å². The van der Waals surface area contributed by atoms with Crippen molar-refractivity contribution in [3.05, 3.63) is 70.8 Å². The largest absolute Gasteiger partial charge is 0.459 e. The summed E-state index contributed by atoms with van der Waals surface area (Å²) in [6, 6.07) is 11.9. The van der Waals surface area contributed by atoms with Crippen molar-refractivity contribution in [3.63, 3.8) is 0 Å². The van der Waals surface area contributed by atoms with Crippen LogP contribution in [-0.4, -0.2) is 58.5 Å². The molecule has 2 aromatic rings. The van der Waals surface area contributed by atoms with Gasteiger partial charge in [0.05, 0.1) is 24.3 Å². The van der Waals surface area contributed by atoms with Crippen molar-refractivity contribution >= 4 is 11.9 Å². The Morgan fingerprint density at radius 3 is 1.90 bits per heavy atom. The zero-order valence-corrected chi connectivity index (χ0v) is 15.8. The van der Waals surface area contributed by atoms with Crippen molar-refractivity contribution in [2.75, 3.05) is 6.61 Å². The number of ether oxygens (including phenoxy) is 3. The van der Waals surface area contributed by atoms with Crippen LogP contribution in [0.2, 0.25) is 0 Å². The Kier molecular flexibility index (Phi) is 7.11. The number of aliphatic hydroxyl groups is 3. The van der Waals surface area contributed by atoms with Crippen molar-refractivity contribution in [2.24, 2.45) is 0 Å². The number of carbonyl (C=O) groups excluding carboxylic acids is 2. The van der Waals surface area contributed by atoms with Gasteiger partial charge in [-0.1, -0.05) is 24.3 Å². The summed E-state index contributed by atoms with van der Waals surface area (Å²) in [7, 11) is 0. The summed E-state index contributed by atoms with van der Waals surface area (Å²) in [5.74, 6) is -1.56. The number of rotatable bonds is 7. The van der Waals surface area contributed by atoms with Crippen molar-refractivity contribution in [1.82, 2.24) is 0 Å². The van der Waals surface area contributed by atoms with Gasteiger partial charge in [0.25, 0.3) is 0 Å². The van der Waals surface area contributed by atoms with Crippen molar-refractivity contribution < 1.29 is 43.5 Å². The molecule has 0 radical (unpaired) electrons. The van der Waals surface area contributed by atoms with Gasteiger partial charge in [0.1, 0.15) is 12.7 Å². The highest BCUT2D eigenvalue weighted by atomic mass is 19.1. The second kappa shape index (κ2) is 9.77. The van der Waals surface area contributed by atoms with Crippen molar-refractivity contribution in [2.45, 2.75) is 37.9 Å². The minimum Gasteiger partial charge on any atom is -0.459 e. The Morgan fingerprint density at radius 1 is 0.900 bits per heavy atom. The molecule has 1 heterocycles. The number of esters is 2. The highest BCUT2D eigenvalue weighted by Gasteiger charge is 2.47. The molecule has 3 N–H and O–H groups in total. The van der Waals surface area contributed by atoms with Crippen LogP contribution in [0.5, 0.6) is 0 Å². The van der Waals surface area contributed by atoms with E-state index >= 15 is 0 Å². The van der Waals surface area contributed by atoms with E-state index in [9.17, 15) is 19.1 Å². The van der Waals surface area contributed by atoms with E-state index in [0.717, 1.165) is 0 Å². The van der Waals surface area contributed by atoms with Gasteiger partial charge in [-0.15, -0.1) is 0 Å². The van der Waals surface area contributed by atoms with Crippen LogP contribution in [0.25, 0.3) is 0 Å². The van der Waals surface area contributed by atoms with Gasteiger partial charge in [-0.3, -0.25) is 0 Å². The van der Waals surface area contributed by atoms with Gasteiger partial charge in [-0.25, -0.2) is 14.0 Å². The average Bonchev–Trinajstić information content (AvgIpc) is 3.05. The Balaban J connectivity index is 1.62. The molecule has 0 aliphatic carbocycles. The van der Waals surface area contributed by atoms with Crippen LogP contribution in [0.3, 0.4) is 0 Å². The molecule has 0 bridgehead atoms. The quantitative estimate of drug-likeness (QED) is 0.570. The van der Waals surface area contributed by atoms with Gasteiger partial charge in [0.15, 0.2) is 18.6 Å². The Morgan fingerprint density at radius 2 is 1.40 bits per heavy atom. The number of hydrogen-bond acceptors (Lipinski definition) is 8. The predicted octanol–water partition coefficient (Wildman–Crippen LogP) is 1.11. The third kappa shape index (κ3) is 5.00. The second-order valence-electron chi connectivity index (χ2n) is 6.69. The number of halogens is 1. The monoisotopic (exact) mass is 420 g/mol. The summed E-state index contributed by atoms with van der Waals surface area (Å²) >= 11 is 0. The molecular formula is C21H21FO8. The summed E-state index contributed by atoms with van der Waals surface area (Å²) in [5, 5.41) is 27.7. The molecule has 3 rings (SSSR count). The fourth-order valence-corrected chi connectivity index (χ4v) is 2.90. The number of hydrogen-bond donors (Lipinski definition) is 3. The summed E-state index contributed by atoms with van der Waals surface area (Å²) in [4.78, 5) is 24.5. The van der Waals surface area contributed by atoms with Gasteiger partial charge in [0.2, 0.25) is 0 Å². The highest BCUT2D eigenvalue weighted by molar-refractivity contribution is 5.90. The van der Waals surface area contributed by atoms with E-state index in [-0.39, 0.29) is 24.3 Å². The molecule has 9 heteroatoms. The van der Waals surface area contributed by atoms with Crippen molar-refractivity contribution in [3.8, 4) is 0 Å². The Bertz CT molecular complexity index is 868.